The lowest BCUT2D eigenvalue weighted by atomic mass is 9.90. The first kappa shape index (κ1) is 12.2. The molecule has 0 heterocycles. The fourth-order valence-corrected chi connectivity index (χ4v) is 0.755. The molecule has 0 bridgehead atoms. The lowest BCUT2D eigenvalue weighted by molar-refractivity contribution is -0.146. The summed E-state index contributed by atoms with van der Waals surface area (Å²) >= 11 is 0. The van der Waals surface area contributed by atoms with Crippen molar-refractivity contribution >= 4 is 5.97 Å². The Morgan fingerprint density at radius 3 is 2.46 bits per heavy atom. The molecule has 0 atom stereocenters. The molecule has 76 valence electrons. The van der Waals surface area contributed by atoms with Gasteiger partial charge in [-0.1, -0.05) is 33.8 Å². The summed E-state index contributed by atoms with van der Waals surface area (Å²) in [5.74, 6) is 0.259. The van der Waals surface area contributed by atoms with Gasteiger partial charge in [-0.3, -0.25) is 4.79 Å². The number of hydrogen-bond acceptors (Lipinski definition) is 2. The second kappa shape index (κ2) is 5.05. The lowest BCUT2D eigenvalue weighted by Gasteiger charge is -2.18. The van der Waals surface area contributed by atoms with Crippen molar-refractivity contribution in [1.29, 1.82) is 0 Å². The van der Waals surface area contributed by atoms with E-state index in [0.717, 1.165) is 0 Å². The average molecular weight is 184 g/mol. The van der Waals surface area contributed by atoms with Gasteiger partial charge in [-0.15, -0.1) is 6.58 Å². The summed E-state index contributed by atoms with van der Waals surface area (Å²) in [4.78, 5) is 11.3. The Balaban J connectivity index is 3.81. The quantitative estimate of drug-likeness (QED) is 0.485. The van der Waals surface area contributed by atoms with Gasteiger partial charge in [0.05, 0.1) is 13.0 Å². The third kappa shape index (κ3) is 6.38. The van der Waals surface area contributed by atoms with Crippen LogP contribution in [0, 0.1) is 11.3 Å². The number of esters is 1. The molecule has 2 nitrogen and oxygen atoms in total. The maximum absolute atomic E-state index is 11.3. The number of ether oxygens (including phenoxy) is 1. The Kier molecular flexibility index (Phi) is 4.74. The Labute approximate surface area is 81.0 Å². The number of carbonyl (C=O) groups is 1. The predicted molar refractivity (Wildman–Crippen MR) is 54.4 cm³/mol. The largest absolute Gasteiger partial charge is 0.465 e. The number of rotatable bonds is 5. The van der Waals surface area contributed by atoms with Gasteiger partial charge >= 0.3 is 5.97 Å². The molecule has 13 heavy (non-hydrogen) atoms. The van der Waals surface area contributed by atoms with Crippen molar-refractivity contribution in [3.8, 4) is 0 Å². The highest BCUT2D eigenvalue weighted by molar-refractivity contribution is 5.70. The summed E-state index contributed by atoms with van der Waals surface area (Å²) in [5, 5.41) is 0. The van der Waals surface area contributed by atoms with Gasteiger partial charge in [0, 0.05) is 0 Å². The lowest BCUT2D eigenvalue weighted by Crippen LogP contribution is -2.18. The standard InChI is InChI=1S/C11H20O2/c1-6-11(4,5)7-10(12)13-8-9(2)3/h6,9H,1,7-8H2,2-5H3. The van der Waals surface area contributed by atoms with Gasteiger partial charge in [0.15, 0.2) is 0 Å². The zero-order chi connectivity index (χ0) is 10.5. The molecule has 0 aromatic rings. The second-order valence-corrected chi connectivity index (χ2v) is 4.45. The highest BCUT2D eigenvalue weighted by atomic mass is 16.5. The van der Waals surface area contributed by atoms with Gasteiger partial charge in [0.2, 0.25) is 0 Å². The monoisotopic (exact) mass is 184 g/mol. The topological polar surface area (TPSA) is 26.3 Å². The summed E-state index contributed by atoms with van der Waals surface area (Å²) < 4.78 is 5.05. The van der Waals surface area contributed by atoms with E-state index in [1.54, 1.807) is 6.08 Å². The van der Waals surface area contributed by atoms with Crippen LogP contribution in [0.1, 0.15) is 34.1 Å². The van der Waals surface area contributed by atoms with Crippen LogP contribution in [0.25, 0.3) is 0 Å². The normalized spacial score (nSPS) is 11.5. The fourth-order valence-electron chi connectivity index (χ4n) is 0.755. The molecule has 0 rings (SSSR count). The van der Waals surface area contributed by atoms with E-state index in [-0.39, 0.29) is 11.4 Å². The van der Waals surface area contributed by atoms with Gasteiger partial charge in [-0.2, -0.15) is 0 Å². The smallest absolute Gasteiger partial charge is 0.306 e. The van der Waals surface area contributed by atoms with Crippen LogP contribution in [0.3, 0.4) is 0 Å². The molecule has 0 aliphatic carbocycles. The second-order valence-electron chi connectivity index (χ2n) is 4.45. The zero-order valence-corrected chi connectivity index (χ0v) is 9.09. The van der Waals surface area contributed by atoms with Gasteiger partial charge in [-0.05, 0) is 11.3 Å². The molecule has 2 heteroatoms. The number of carbonyl (C=O) groups excluding carboxylic acids is 1. The fraction of sp³-hybridized carbons (Fsp3) is 0.727. The van der Waals surface area contributed by atoms with E-state index in [1.165, 1.54) is 0 Å². The van der Waals surface area contributed by atoms with Gasteiger partial charge in [0.1, 0.15) is 0 Å². The van der Waals surface area contributed by atoms with E-state index in [9.17, 15) is 4.79 Å². The molecule has 0 saturated heterocycles. The van der Waals surface area contributed by atoms with Crippen molar-refractivity contribution < 1.29 is 9.53 Å². The molecule has 0 fully saturated rings. The van der Waals surface area contributed by atoms with Crippen LogP contribution in [0.2, 0.25) is 0 Å². The molecule has 0 N–H and O–H groups in total. The minimum absolute atomic E-state index is 0.140. The number of allylic oxidation sites excluding steroid dienone is 1. The maximum Gasteiger partial charge on any atom is 0.306 e. The Hall–Kier alpha value is -0.790. The SMILES string of the molecule is C=CC(C)(C)CC(=O)OCC(C)C. The highest BCUT2D eigenvalue weighted by Crippen LogP contribution is 2.21. The Morgan fingerprint density at radius 1 is 1.54 bits per heavy atom. The molecular weight excluding hydrogens is 164 g/mol. The van der Waals surface area contributed by atoms with E-state index >= 15 is 0 Å². The summed E-state index contributed by atoms with van der Waals surface area (Å²) in [5.41, 5.74) is -0.159. The first-order chi connectivity index (χ1) is 5.87. The highest BCUT2D eigenvalue weighted by Gasteiger charge is 2.19. The molecular formula is C11H20O2. The summed E-state index contributed by atoms with van der Waals surface area (Å²) in [6.45, 7) is 12.2. The van der Waals surface area contributed by atoms with Crippen molar-refractivity contribution in [2.75, 3.05) is 6.61 Å². The minimum atomic E-state index is -0.159. The van der Waals surface area contributed by atoms with Crippen LogP contribution in [0.15, 0.2) is 12.7 Å². The van der Waals surface area contributed by atoms with E-state index in [4.69, 9.17) is 4.74 Å². The van der Waals surface area contributed by atoms with E-state index < -0.39 is 0 Å². The van der Waals surface area contributed by atoms with E-state index in [0.29, 0.717) is 18.9 Å². The van der Waals surface area contributed by atoms with Gasteiger partial charge in [0.25, 0.3) is 0 Å². The average Bonchev–Trinajstić information content (AvgIpc) is 2.00. The molecule has 0 saturated carbocycles. The van der Waals surface area contributed by atoms with E-state index in [1.807, 2.05) is 27.7 Å². The van der Waals surface area contributed by atoms with Crippen LogP contribution in [0.4, 0.5) is 0 Å². The van der Waals surface area contributed by atoms with Crippen molar-refractivity contribution in [3.05, 3.63) is 12.7 Å². The van der Waals surface area contributed by atoms with Crippen LogP contribution in [0.5, 0.6) is 0 Å². The van der Waals surface area contributed by atoms with Crippen LogP contribution >= 0.6 is 0 Å². The van der Waals surface area contributed by atoms with Crippen molar-refractivity contribution in [2.45, 2.75) is 34.1 Å². The Bertz CT molecular complexity index is 181. The summed E-state index contributed by atoms with van der Waals surface area (Å²) in [6, 6.07) is 0. The first-order valence-corrected chi connectivity index (χ1v) is 4.66. The first-order valence-electron chi connectivity index (χ1n) is 4.66. The molecule has 0 spiro atoms. The third-order valence-corrected chi connectivity index (χ3v) is 1.73. The zero-order valence-electron chi connectivity index (χ0n) is 9.09. The molecule has 0 unspecified atom stereocenters. The van der Waals surface area contributed by atoms with Crippen LogP contribution in [-0.4, -0.2) is 12.6 Å². The van der Waals surface area contributed by atoms with Gasteiger partial charge in [-0.25, -0.2) is 0 Å². The van der Waals surface area contributed by atoms with Crippen molar-refractivity contribution in [1.82, 2.24) is 0 Å². The van der Waals surface area contributed by atoms with Crippen molar-refractivity contribution in [2.24, 2.45) is 11.3 Å². The predicted octanol–water partition coefficient (Wildman–Crippen LogP) is 2.79. The Morgan fingerprint density at radius 2 is 2.08 bits per heavy atom. The van der Waals surface area contributed by atoms with Gasteiger partial charge < -0.3 is 4.74 Å². The maximum atomic E-state index is 11.3. The molecule has 0 aromatic carbocycles. The molecule has 0 aliphatic rings. The van der Waals surface area contributed by atoms with Crippen LogP contribution in [-0.2, 0) is 9.53 Å². The van der Waals surface area contributed by atoms with E-state index in [2.05, 4.69) is 6.58 Å². The van der Waals surface area contributed by atoms with Crippen LogP contribution < -0.4 is 0 Å². The third-order valence-electron chi connectivity index (χ3n) is 1.73. The molecule has 0 aromatic heterocycles. The minimum Gasteiger partial charge on any atom is -0.465 e. The molecule has 0 radical (unpaired) electrons. The summed E-state index contributed by atoms with van der Waals surface area (Å²) in [6.07, 6.45) is 2.19. The molecule has 0 aliphatic heterocycles. The number of hydrogen-bond donors (Lipinski definition) is 0. The summed E-state index contributed by atoms with van der Waals surface area (Å²) in [7, 11) is 0. The molecule has 0 amide bonds. The van der Waals surface area contributed by atoms with Crippen molar-refractivity contribution in [3.63, 3.8) is 0 Å².